The van der Waals surface area contributed by atoms with Crippen LogP contribution in [0.3, 0.4) is 0 Å². The highest BCUT2D eigenvalue weighted by Gasteiger charge is 2.18. The van der Waals surface area contributed by atoms with Gasteiger partial charge >= 0.3 is 0 Å². The number of pyridine rings is 3. The lowest BCUT2D eigenvalue weighted by atomic mass is 9.94. The lowest BCUT2D eigenvalue weighted by molar-refractivity contribution is 1.18. The molecule has 212 valence electrons. The van der Waals surface area contributed by atoms with Crippen LogP contribution < -0.4 is 0 Å². The lowest BCUT2D eigenvalue weighted by Crippen LogP contribution is -1.98. The molecule has 0 fully saturated rings. The number of fused-ring (bicyclic) bond motifs is 3. The van der Waals surface area contributed by atoms with E-state index in [2.05, 4.69) is 77.8 Å². The highest BCUT2D eigenvalue weighted by atomic mass is 14.9. The second kappa shape index (κ2) is 11.2. The van der Waals surface area contributed by atoms with Crippen molar-refractivity contribution in [1.82, 2.24) is 24.9 Å². The summed E-state index contributed by atoms with van der Waals surface area (Å²) in [6.45, 7) is 2.03. The summed E-state index contributed by atoms with van der Waals surface area (Å²) in [5.41, 5.74) is 11.2. The molecule has 4 aromatic heterocycles. The summed E-state index contributed by atoms with van der Waals surface area (Å²) in [6.07, 6.45) is 1.79. The Kier molecular flexibility index (Phi) is 6.61. The van der Waals surface area contributed by atoms with Crippen molar-refractivity contribution < 1.29 is 0 Å². The van der Waals surface area contributed by atoms with E-state index in [9.17, 15) is 0 Å². The minimum absolute atomic E-state index is 0.671. The van der Waals surface area contributed by atoms with E-state index in [1.165, 1.54) is 0 Å². The Labute approximate surface area is 261 Å². The van der Waals surface area contributed by atoms with Crippen LogP contribution in [-0.2, 0) is 0 Å². The van der Waals surface area contributed by atoms with Gasteiger partial charge in [-0.2, -0.15) is 0 Å². The van der Waals surface area contributed by atoms with Crippen LogP contribution in [0.15, 0.2) is 146 Å². The molecule has 4 heterocycles. The molecule has 8 aromatic rings. The Morgan fingerprint density at radius 2 is 1.07 bits per heavy atom. The molecule has 0 unspecified atom stereocenters. The van der Waals surface area contributed by atoms with Crippen LogP contribution >= 0.6 is 0 Å². The summed E-state index contributed by atoms with van der Waals surface area (Å²) in [5, 5.41) is 2.06. The molecule has 0 aliphatic carbocycles. The van der Waals surface area contributed by atoms with Crippen LogP contribution in [0.4, 0.5) is 0 Å². The zero-order valence-electron chi connectivity index (χ0n) is 24.6. The van der Waals surface area contributed by atoms with Crippen molar-refractivity contribution in [2.24, 2.45) is 0 Å². The highest BCUT2D eigenvalue weighted by molar-refractivity contribution is 6.09. The quantitative estimate of drug-likeness (QED) is 0.191. The molecular weight excluding hydrogens is 550 g/mol. The molecule has 0 aliphatic heterocycles. The van der Waals surface area contributed by atoms with Crippen LogP contribution in [0.2, 0.25) is 0 Å². The summed E-state index contributed by atoms with van der Waals surface area (Å²) in [5.74, 6) is 0.671. The van der Waals surface area contributed by atoms with Gasteiger partial charge < -0.3 is 0 Å². The first kappa shape index (κ1) is 26.5. The van der Waals surface area contributed by atoms with Crippen molar-refractivity contribution in [3.8, 4) is 56.4 Å². The molecule has 0 spiro atoms. The van der Waals surface area contributed by atoms with Crippen molar-refractivity contribution in [3.05, 3.63) is 151 Å². The van der Waals surface area contributed by atoms with Crippen molar-refractivity contribution in [1.29, 1.82) is 0 Å². The molecular formula is C40H27N5. The van der Waals surface area contributed by atoms with Crippen LogP contribution in [0, 0.1) is 6.92 Å². The van der Waals surface area contributed by atoms with Crippen LogP contribution in [0.1, 0.15) is 5.69 Å². The first-order valence-electron chi connectivity index (χ1n) is 14.9. The molecule has 5 heteroatoms. The van der Waals surface area contributed by atoms with Crippen molar-refractivity contribution in [2.45, 2.75) is 6.92 Å². The minimum atomic E-state index is 0.671. The van der Waals surface area contributed by atoms with E-state index >= 15 is 0 Å². The number of aryl methyl sites for hydroxylation is 1. The number of aromatic nitrogens is 5. The Morgan fingerprint density at radius 1 is 0.422 bits per heavy atom. The van der Waals surface area contributed by atoms with Gasteiger partial charge in [0.2, 0.25) is 0 Å². The SMILES string of the molecule is Cc1cc(-c2ccccc2-c2nc(-c3ccccc3)cc(-c3ccccc3)n2)c2ccc3ccc(-c4ccccn4)nc3c2n1. The molecule has 0 N–H and O–H groups in total. The fourth-order valence-corrected chi connectivity index (χ4v) is 5.87. The molecule has 4 aromatic carbocycles. The molecule has 0 bridgehead atoms. The van der Waals surface area contributed by atoms with E-state index in [4.69, 9.17) is 19.9 Å². The van der Waals surface area contributed by atoms with E-state index < -0.39 is 0 Å². The highest BCUT2D eigenvalue weighted by Crippen LogP contribution is 2.38. The van der Waals surface area contributed by atoms with Gasteiger partial charge in [-0.25, -0.2) is 15.0 Å². The summed E-state index contributed by atoms with van der Waals surface area (Å²) in [4.78, 5) is 24.9. The van der Waals surface area contributed by atoms with Crippen LogP contribution in [0.25, 0.3) is 78.2 Å². The van der Waals surface area contributed by atoms with Gasteiger partial charge in [0.15, 0.2) is 5.82 Å². The predicted molar refractivity (Wildman–Crippen MR) is 182 cm³/mol. The monoisotopic (exact) mass is 577 g/mol. The zero-order chi connectivity index (χ0) is 30.2. The number of rotatable bonds is 5. The summed E-state index contributed by atoms with van der Waals surface area (Å²) in [6, 6.07) is 47.4. The number of benzene rings is 4. The molecule has 0 atom stereocenters. The molecule has 45 heavy (non-hydrogen) atoms. The van der Waals surface area contributed by atoms with Gasteiger partial charge in [-0.1, -0.05) is 109 Å². The van der Waals surface area contributed by atoms with E-state index in [1.807, 2.05) is 73.7 Å². The summed E-state index contributed by atoms with van der Waals surface area (Å²) in [7, 11) is 0. The van der Waals surface area contributed by atoms with E-state index in [0.717, 1.165) is 78.1 Å². The maximum absolute atomic E-state index is 5.14. The molecule has 0 saturated carbocycles. The maximum Gasteiger partial charge on any atom is 0.161 e. The van der Waals surface area contributed by atoms with Gasteiger partial charge in [0, 0.05) is 39.4 Å². The molecule has 0 radical (unpaired) electrons. The summed E-state index contributed by atoms with van der Waals surface area (Å²) < 4.78 is 0. The van der Waals surface area contributed by atoms with Crippen molar-refractivity contribution in [2.75, 3.05) is 0 Å². The average molecular weight is 578 g/mol. The first-order valence-corrected chi connectivity index (χ1v) is 14.9. The fourth-order valence-electron chi connectivity index (χ4n) is 5.87. The topological polar surface area (TPSA) is 64.5 Å². The van der Waals surface area contributed by atoms with Crippen molar-refractivity contribution >= 4 is 21.8 Å². The molecule has 0 saturated heterocycles. The third-order valence-corrected chi connectivity index (χ3v) is 8.02. The number of hydrogen-bond donors (Lipinski definition) is 0. The minimum Gasteiger partial charge on any atom is -0.255 e. The Bertz CT molecular complexity index is 2260. The Morgan fingerprint density at radius 3 is 1.76 bits per heavy atom. The van der Waals surface area contributed by atoms with Gasteiger partial charge in [-0.3, -0.25) is 9.97 Å². The fraction of sp³-hybridized carbons (Fsp3) is 0.0250. The smallest absolute Gasteiger partial charge is 0.161 e. The van der Waals surface area contributed by atoms with Gasteiger partial charge in [-0.05, 0) is 48.4 Å². The van der Waals surface area contributed by atoms with Crippen LogP contribution in [0.5, 0.6) is 0 Å². The third-order valence-electron chi connectivity index (χ3n) is 8.02. The summed E-state index contributed by atoms with van der Waals surface area (Å²) >= 11 is 0. The molecule has 5 nitrogen and oxygen atoms in total. The number of nitrogens with zero attached hydrogens (tertiary/aromatic N) is 5. The van der Waals surface area contributed by atoms with E-state index in [1.54, 1.807) is 6.20 Å². The Balaban J connectivity index is 1.35. The molecule has 0 amide bonds. The van der Waals surface area contributed by atoms with Crippen LogP contribution in [-0.4, -0.2) is 24.9 Å². The normalized spacial score (nSPS) is 11.2. The average Bonchev–Trinajstić information content (AvgIpc) is 3.12. The third kappa shape index (κ3) is 5.00. The van der Waals surface area contributed by atoms with Gasteiger partial charge in [-0.15, -0.1) is 0 Å². The maximum atomic E-state index is 5.14. The van der Waals surface area contributed by atoms with Crippen molar-refractivity contribution in [3.63, 3.8) is 0 Å². The largest absolute Gasteiger partial charge is 0.255 e. The predicted octanol–water partition coefficient (Wildman–Crippen LogP) is 9.61. The molecule has 8 rings (SSSR count). The second-order valence-corrected chi connectivity index (χ2v) is 11.0. The standard InChI is InChI=1S/C40H27N5/c1-26-24-33(31-21-19-29-20-22-35(34-18-10-11-23-41-34)43-38(29)39(31)42-26)30-16-8-9-17-32(30)40-44-36(27-12-4-2-5-13-27)25-37(45-40)28-14-6-3-7-15-28/h2-25H,1H3. The number of hydrogen-bond acceptors (Lipinski definition) is 5. The van der Waals surface area contributed by atoms with E-state index in [0.29, 0.717) is 5.82 Å². The lowest BCUT2D eigenvalue weighted by Gasteiger charge is -2.15. The van der Waals surface area contributed by atoms with E-state index in [-0.39, 0.29) is 0 Å². The zero-order valence-corrected chi connectivity index (χ0v) is 24.6. The molecule has 0 aliphatic rings. The van der Waals surface area contributed by atoms with Gasteiger partial charge in [0.05, 0.1) is 33.8 Å². The van der Waals surface area contributed by atoms with Gasteiger partial charge in [0.1, 0.15) is 0 Å². The first-order chi connectivity index (χ1) is 22.2. The second-order valence-electron chi connectivity index (χ2n) is 11.0. The Hall–Kier alpha value is -6.07. The van der Waals surface area contributed by atoms with Gasteiger partial charge in [0.25, 0.3) is 0 Å².